The molecule has 6 heteroatoms. The maximum absolute atomic E-state index is 11.9. The van der Waals surface area contributed by atoms with Gasteiger partial charge in [-0.05, 0) is 11.6 Å². The van der Waals surface area contributed by atoms with Crippen molar-refractivity contribution in [2.45, 2.75) is 6.54 Å². The lowest BCUT2D eigenvalue weighted by Crippen LogP contribution is -2.52. The van der Waals surface area contributed by atoms with Gasteiger partial charge in [-0.3, -0.25) is 19.4 Å². The Morgan fingerprint density at radius 2 is 1.68 bits per heavy atom. The van der Waals surface area contributed by atoms with E-state index in [0.29, 0.717) is 0 Å². The van der Waals surface area contributed by atoms with Crippen molar-refractivity contribution in [3.8, 4) is 0 Å². The molecule has 1 aromatic carbocycles. The van der Waals surface area contributed by atoms with Crippen LogP contribution < -0.4 is 10.2 Å². The van der Waals surface area contributed by atoms with Gasteiger partial charge in [0, 0.05) is 45.5 Å². The van der Waals surface area contributed by atoms with E-state index in [-0.39, 0.29) is 24.9 Å². The maximum atomic E-state index is 11.9. The number of imide groups is 1. The van der Waals surface area contributed by atoms with Gasteiger partial charge < -0.3 is 10.2 Å². The summed E-state index contributed by atoms with van der Waals surface area (Å²) in [5.74, 6) is -0.290. The Morgan fingerprint density at radius 1 is 1.05 bits per heavy atom. The van der Waals surface area contributed by atoms with Crippen LogP contribution in [0, 0.1) is 0 Å². The fraction of sp³-hybridized carbons (Fsp3) is 0.500. The first-order valence-electron chi connectivity index (χ1n) is 7.70. The predicted molar refractivity (Wildman–Crippen MR) is 84.6 cm³/mol. The van der Waals surface area contributed by atoms with Gasteiger partial charge in [0.15, 0.2) is 0 Å². The standard InChI is InChI=1S/C16H22N4O2/c1-18-15(21)11-20(12-16(18)22)14-5-3-2-4-13(14)10-19-8-6-17-7-9-19/h2-5,17H,6-12H2,1H3. The molecule has 0 bridgehead atoms. The van der Waals surface area contributed by atoms with Gasteiger partial charge in [0.25, 0.3) is 0 Å². The number of hydrogen-bond acceptors (Lipinski definition) is 5. The zero-order chi connectivity index (χ0) is 15.5. The monoisotopic (exact) mass is 302 g/mol. The van der Waals surface area contributed by atoms with Crippen LogP contribution in [-0.4, -0.2) is 67.9 Å². The first kappa shape index (κ1) is 15.0. The summed E-state index contributed by atoms with van der Waals surface area (Å²) in [6, 6.07) is 8.07. The van der Waals surface area contributed by atoms with Crippen LogP contribution in [0.1, 0.15) is 5.56 Å². The van der Waals surface area contributed by atoms with E-state index >= 15 is 0 Å². The van der Waals surface area contributed by atoms with E-state index in [4.69, 9.17) is 0 Å². The number of rotatable bonds is 3. The van der Waals surface area contributed by atoms with Crippen LogP contribution in [0.5, 0.6) is 0 Å². The summed E-state index contributed by atoms with van der Waals surface area (Å²) in [5, 5.41) is 3.35. The van der Waals surface area contributed by atoms with E-state index in [1.807, 2.05) is 23.1 Å². The number of hydrogen-bond donors (Lipinski definition) is 1. The molecular formula is C16H22N4O2. The second-order valence-electron chi connectivity index (χ2n) is 5.86. The molecule has 0 aromatic heterocycles. The molecule has 118 valence electrons. The van der Waals surface area contributed by atoms with E-state index in [2.05, 4.69) is 16.3 Å². The molecule has 2 aliphatic heterocycles. The molecule has 6 nitrogen and oxygen atoms in total. The third-order valence-electron chi connectivity index (χ3n) is 4.34. The predicted octanol–water partition coefficient (Wildman–Crippen LogP) is -0.103. The molecule has 2 aliphatic rings. The normalized spacial score (nSPS) is 20.6. The second-order valence-corrected chi connectivity index (χ2v) is 5.86. The van der Waals surface area contributed by atoms with Crippen molar-refractivity contribution in [1.82, 2.24) is 15.1 Å². The molecule has 3 rings (SSSR count). The molecule has 22 heavy (non-hydrogen) atoms. The summed E-state index contributed by atoms with van der Waals surface area (Å²) in [6.45, 7) is 5.44. The van der Waals surface area contributed by atoms with Crippen LogP contribution >= 0.6 is 0 Å². The number of piperazine rings is 2. The molecule has 0 spiro atoms. The minimum Gasteiger partial charge on any atom is -0.353 e. The van der Waals surface area contributed by atoms with E-state index in [1.165, 1.54) is 10.5 Å². The average Bonchev–Trinajstić information content (AvgIpc) is 2.54. The highest BCUT2D eigenvalue weighted by molar-refractivity contribution is 6.02. The molecule has 2 heterocycles. The van der Waals surface area contributed by atoms with Crippen molar-refractivity contribution in [3.05, 3.63) is 29.8 Å². The van der Waals surface area contributed by atoms with Crippen molar-refractivity contribution in [3.63, 3.8) is 0 Å². The summed E-state index contributed by atoms with van der Waals surface area (Å²) >= 11 is 0. The molecule has 0 saturated carbocycles. The quantitative estimate of drug-likeness (QED) is 0.790. The Labute approximate surface area is 130 Å². The Balaban J connectivity index is 1.78. The Morgan fingerprint density at radius 3 is 2.36 bits per heavy atom. The lowest BCUT2D eigenvalue weighted by atomic mass is 10.1. The van der Waals surface area contributed by atoms with Crippen LogP contribution in [0.4, 0.5) is 5.69 Å². The molecule has 1 aromatic rings. The Kier molecular flexibility index (Phi) is 4.40. The highest BCUT2D eigenvalue weighted by Crippen LogP contribution is 2.23. The summed E-state index contributed by atoms with van der Waals surface area (Å²) in [4.78, 5) is 29.4. The van der Waals surface area contributed by atoms with Crippen molar-refractivity contribution in [2.24, 2.45) is 0 Å². The summed E-state index contributed by atoms with van der Waals surface area (Å²) in [7, 11) is 1.55. The van der Waals surface area contributed by atoms with Gasteiger partial charge in [-0.1, -0.05) is 18.2 Å². The fourth-order valence-corrected chi connectivity index (χ4v) is 2.97. The number of carbonyl (C=O) groups excluding carboxylic acids is 2. The third kappa shape index (κ3) is 3.13. The second kappa shape index (κ2) is 6.46. The number of benzene rings is 1. The first-order chi connectivity index (χ1) is 10.6. The summed E-state index contributed by atoms with van der Waals surface area (Å²) in [5.41, 5.74) is 2.17. The van der Waals surface area contributed by atoms with Crippen molar-refractivity contribution >= 4 is 17.5 Å². The number of nitrogens with one attached hydrogen (secondary N) is 1. The van der Waals surface area contributed by atoms with Crippen LogP contribution in [0.15, 0.2) is 24.3 Å². The van der Waals surface area contributed by atoms with Crippen LogP contribution in [0.2, 0.25) is 0 Å². The van der Waals surface area contributed by atoms with Gasteiger partial charge in [0.2, 0.25) is 11.8 Å². The Bertz CT molecular complexity index is 551. The van der Waals surface area contributed by atoms with Gasteiger partial charge in [-0.25, -0.2) is 0 Å². The number of carbonyl (C=O) groups is 2. The van der Waals surface area contributed by atoms with Crippen LogP contribution in [-0.2, 0) is 16.1 Å². The molecule has 0 unspecified atom stereocenters. The third-order valence-corrected chi connectivity index (χ3v) is 4.34. The van der Waals surface area contributed by atoms with E-state index < -0.39 is 0 Å². The van der Waals surface area contributed by atoms with Crippen molar-refractivity contribution < 1.29 is 9.59 Å². The summed E-state index contributed by atoms with van der Waals surface area (Å²) < 4.78 is 0. The summed E-state index contributed by atoms with van der Waals surface area (Å²) in [6.07, 6.45) is 0. The largest absolute Gasteiger partial charge is 0.353 e. The molecule has 2 saturated heterocycles. The number of anilines is 1. The SMILES string of the molecule is CN1C(=O)CN(c2ccccc2CN2CCNCC2)CC1=O. The zero-order valence-electron chi connectivity index (χ0n) is 12.9. The fourth-order valence-electron chi connectivity index (χ4n) is 2.97. The van der Waals surface area contributed by atoms with E-state index in [0.717, 1.165) is 38.4 Å². The van der Waals surface area contributed by atoms with Crippen LogP contribution in [0.25, 0.3) is 0 Å². The molecule has 0 atom stereocenters. The molecule has 0 aliphatic carbocycles. The highest BCUT2D eigenvalue weighted by Gasteiger charge is 2.29. The van der Waals surface area contributed by atoms with Gasteiger partial charge in [-0.15, -0.1) is 0 Å². The number of amides is 2. The number of likely N-dealkylation sites (N-methyl/N-ethyl adjacent to an activating group) is 1. The molecule has 1 N–H and O–H groups in total. The lowest BCUT2D eigenvalue weighted by Gasteiger charge is -2.34. The maximum Gasteiger partial charge on any atom is 0.248 e. The topological polar surface area (TPSA) is 55.9 Å². The zero-order valence-corrected chi connectivity index (χ0v) is 12.9. The van der Waals surface area contributed by atoms with Gasteiger partial charge >= 0.3 is 0 Å². The van der Waals surface area contributed by atoms with Crippen molar-refractivity contribution in [1.29, 1.82) is 0 Å². The minimum absolute atomic E-state index is 0.145. The molecule has 2 amide bonds. The van der Waals surface area contributed by atoms with Crippen molar-refractivity contribution in [2.75, 3.05) is 51.2 Å². The van der Waals surface area contributed by atoms with Crippen LogP contribution in [0.3, 0.4) is 0 Å². The molecule has 0 radical (unpaired) electrons. The minimum atomic E-state index is -0.145. The van der Waals surface area contributed by atoms with Gasteiger partial charge in [0.05, 0.1) is 13.1 Å². The first-order valence-corrected chi connectivity index (χ1v) is 7.70. The van der Waals surface area contributed by atoms with E-state index in [1.54, 1.807) is 7.05 Å². The van der Waals surface area contributed by atoms with E-state index in [9.17, 15) is 9.59 Å². The van der Waals surface area contributed by atoms with Gasteiger partial charge in [0.1, 0.15) is 0 Å². The number of para-hydroxylation sites is 1. The Hall–Kier alpha value is -1.92. The molecule has 2 fully saturated rings. The highest BCUT2D eigenvalue weighted by atomic mass is 16.2. The average molecular weight is 302 g/mol. The number of nitrogens with zero attached hydrogens (tertiary/aromatic N) is 3. The smallest absolute Gasteiger partial charge is 0.248 e. The molecular weight excluding hydrogens is 280 g/mol. The lowest BCUT2D eigenvalue weighted by molar-refractivity contribution is -0.143. The van der Waals surface area contributed by atoms with Gasteiger partial charge in [-0.2, -0.15) is 0 Å².